The second-order valence-electron chi connectivity index (χ2n) is 7.10. The zero-order chi connectivity index (χ0) is 19.7. The summed E-state index contributed by atoms with van der Waals surface area (Å²) in [5.74, 6) is 1.00. The normalized spacial score (nSPS) is 14.9. The minimum Gasteiger partial charge on any atom is -0.381 e. The van der Waals surface area contributed by atoms with Gasteiger partial charge in [-0.2, -0.15) is 10.2 Å². The van der Waals surface area contributed by atoms with Crippen LogP contribution in [0.25, 0.3) is 11.0 Å². The molecule has 4 rings (SSSR count). The van der Waals surface area contributed by atoms with Gasteiger partial charge in [-0.1, -0.05) is 0 Å². The quantitative estimate of drug-likeness (QED) is 0.718. The first kappa shape index (κ1) is 18.2. The van der Waals surface area contributed by atoms with Crippen molar-refractivity contribution in [2.75, 3.05) is 24.3 Å². The predicted molar refractivity (Wildman–Crippen MR) is 107 cm³/mol. The molecule has 0 amide bonds. The van der Waals surface area contributed by atoms with Crippen molar-refractivity contribution in [3.05, 3.63) is 40.8 Å². The summed E-state index contributed by atoms with van der Waals surface area (Å²) in [6, 6.07) is 6.41. The lowest BCUT2D eigenvalue weighted by molar-refractivity contribution is 0.0851. The van der Waals surface area contributed by atoms with E-state index in [9.17, 15) is 5.26 Å². The zero-order valence-electron chi connectivity index (χ0n) is 16.1. The van der Waals surface area contributed by atoms with E-state index in [1.165, 1.54) is 5.56 Å². The minimum absolute atomic E-state index is 0.148. The first-order valence-corrected chi connectivity index (χ1v) is 9.37. The van der Waals surface area contributed by atoms with Gasteiger partial charge in [0.05, 0.1) is 29.0 Å². The smallest absolute Gasteiger partial charge is 0.222 e. The van der Waals surface area contributed by atoms with Gasteiger partial charge in [0.25, 0.3) is 0 Å². The van der Waals surface area contributed by atoms with Gasteiger partial charge < -0.3 is 20.4 Å². The number of nitrogen functional groups attached to an aromatic ring is 1. The molecule has 1 saturated heterocycles. The Hall–Kier alpha value is -3.18. The highest BCUT2D eigenvalue weighted by Crippen LogP contribution is 2.32. The third-order valence-electron chi connectivity index (χ3n) is 5.28. The van der Waals surface area contributed by atoms with E-state index < -0.39 is 0 Å². The van der Waals surface area contributed by atoms with E-state index in [1.54, 1.807) is 6.92 Å². The Bertz CT molecular complexity index is 1060. The molecule has 28 heavy (non-hydrogen) atoms. The van der Waals surface area contributed by atoms with Crippen LogP contribution in [0.5, 0.6) is 0 Å². The van der Waals surface area contributed by atoms with Gasteiger partial charge in [0, 0.05) is 26.5 Å². The molecule has 0 aromatic carbocycles. The van der Waals surface area contributed by atoms with Gasteiger partial charge in [0.2, 0.25) is 5.95 Å². The molecule has 3 aromatic heterocycles. The molecule has 1 aliphatic rings. The second-order valence-corrected chi connectivity index (χ2v) is 7.10. The van der Waals surface area contributed by atoms with E-state index in [-0.39, 0.29) is 5.95 Å². The molecule has 1 aliphatic heterocycles. The molecule has 0 radical (unpaired) electrons. The van der Waals surface area contributed by atoms with Crippen molar-refractivity contribution >= 4 is 22.8 Å². The first-order valence-electron chi connectivity index (χ1n) is 9.37. The van der Waals surface area contributed by atoms with Crippen molar-refractivity contribution in [1.82, 2.24) is 19.5 Å². The molecule has 0 spiro atoms. The Morgan fingerprint density at radius 1 is 1.32 bits per heavy atom. The number of anilines is 2. The minimum atomic E-state index is 0.148. The fourth-order valence-corrected chi connectivity index (χ4v) is 3.77. The average Bonchev–Trinajstić information content (AvgIpc) is 3.06. The highest BCUT2D eigenvalue weighted by atomic mass is 16.5. The van der Waals surface area contributed by atoms with Crippen LogP contribution in [-0.4, -0.2) is 32.7 Å². The highest BCUT2D eigenvalue weighted by Gasteiger charge is 2.21. The number of nitrogens with two attached hydrogens (primary N) is 1. The maximum absolute atomic E-state index is 9.45. The monoisotopic (exact) mass is 377 g/mol. The SMILES string of the molecule is Cc1nc(N)nc(NCc2nc3ccn(C)c3cc2C2CCOCC2)c1C#N. The Balaban J connectivity index is 1.71. The molecule has 0 atom stereocenters. The van der Waals surface area contributed by atoms with Crippen LogP contribution in [0.1, 0.15) is 41.3 Å². The first-order chi connectivity index (χ1) is 13.6. The van der Waals surface area contributed by atoms with Crippen LogP contribution in [0.2, 0.25) is 0 Å². The van der Waals surface area contributed by atoms with Gasteiger partial charge in [-0.05, 0) is 43.4 Å². The van der Waals surface area contributed by atoms with Crippen molar-refractivity contribution in [3.8, 4) is 6.07 Å². The Morgan fingerprint density at radius 3 is 2.86 bits per heavy atom. The van der Waals surface area contributed by atoms with E-state index in [4.69, 9.17) is 15.5 Å². The topological polar surface area (TPSA) is 115 Å². The van der Waals surface area contributed by atoms with Crippen molar-refractivity contribution in [1.29, 1.82) is 5.26 Å². The number of fused-ring (bicyclic) bond motifs is 1. The number of pyridine rings is 1. The maximum atomic E-state index is 9.45. The second kappa shape index (κ2) is 7.44. The van der Waals surface area contributed by atoms with Gasteiger partial charge in [-0.15, -0.1) is 0 Å². The summed E-state index contributed by atoms with van der Waals surface area (Å²) in [5, 5.41) is 12.7. The van der Waals surface area contributed by atoms with Gasteiger partial charge in [0.1, 0.15) is 17.5 Å². The third kappa shape index (κ3) is 3.37. The Labute approximate surface area is 163 Å². The lowest BCUT2D eigenvalue weighted by Crippen LogP contribution is -2.18. The van der Waals surface area contributed by atoms with Crippen LogP contribution in [0.15, 0.2) is 18.3 Å². The Morgan fingerprint density at radius 2 is 2.11 bits per heavy atom. The van der Waals surface area contributed by atoms with Crippen LogP contribution < -0.4 is 11.1 Å². The van der Waals surface area contributed by atoms with E-state index in [0.717, 1.165) is 42.8 Å². The standard InChI is InChI=1S/C20H23N7O/c1-12-15(10-21)19(26-20(22)24-12)23-11-17-14(13-4-7-28-8-5-13)9-18-16(25-17)3-6-27(18)2/h3,6,9,13H,4-5,7-8,11H2,1-2H3,(H3,22,23,24,26). The summed E-state index contributed by atoms with van der Waals surface area (Å²) < 4.78 is 7.62. The lowest BCUT2D eigenvalue weighted by atomic mass is 9.90. The number of nitrogens with one attached hydrogen (secondary N) is 1. The van der Waals surface area contributed by atoms with Crippen LogP contribution >= 0.6 is 0 Å². The molecule has 0 unspecified atom stereocenters. The highest BCUT2D eigenvalue weighted by molar-refractivity contribution is 5.77. The van der Waals surface area contributed by atoms with E-state index >= 15 is 0 Å². The predicted octanol–water partition coefficient (Wildman–Crippen LogP) is 2.63. The van der Waals surface area contributed by atoms with Gasteiger partial charge in [-0.25, -0.2) is 9.97 Å². The molecule has 144 valence electrons. The molecule has 4 heterocycles. The number of aryl methyl sites for hydroxylation is 2. The number of aromatic nitrogens is 4. The molecule has 3 aromatic rings. The van der Waals surface area contributed by atoms with Crippen LogP contribution in [0.4, 0.5) is 11.8 Å². The summed E-state index contributed by atoms with van der Waals surface area (Å²) in [7, 11) is 2.03. The molecule has 8 heteroatoms. The van der Waals surface area contributed by atoms with Gasteiger partial charge in [-0.3, -0.25) is 0 Å². The van der Waals surface area contributed by atoms with Crippen molar-refractivity contribution in [3.63, 3.8) is 0 Å². The maximum Gasteiger partial charge on any atom is 0.222 e. The van der Waals surface area contributed by atoms with Gasteiger partial charge >= 0.3 is 0 Å². The summed E-state index contributed by atoms with van der Waals surface area (Å²) in [6.07, 6.45) is 3.98. The molecule has 0 aliphatic carbocycles. The molecule has 0 saturated carbocycles. The number of nitriles is 1. The molecule has 8 nitrogen and oxygen atoms in total. The number of rotatable bonds is 4. The van der Waals surface area contributed by atoms with E-state index in [0.29, 0.717) is 29.5 Å². The largest absolute Gasteiger partial charge is 0.381 e. The fraction of sp³-hybridized carbons (Fsp3) is 0.400. The number of ether oxygens (including phenoxy) is 1. The van der Waals surface area contributed by atoms with Crippen molar-refractivity contribution < 1.29 is 4.74 Å². The summed E-state index contributed by atoms with van der Waals surface area (Å²) >= 11 is 0. The molecule has 0 bridgehead atoms. The van der Waals surface area contributed by atoms with Crippen LogP contribution in [0.3, 0.4) is 0 Å². The summed E-state index contributed by atoms with van der Waals surface area (Å²) in [5.41, 5.74) is 11.0. The number of nitrogens with zero attached hydrogens (tertiary/aromatic N) is 5. The molecule has 1 fully saturated rings. The third-order valence-corrected chi connectivity index (χ3v) is 5.28. The summed E-state index contributed by atoms with van der Waals surface area (Å²) in [6.45, 7) is 3.75. The van der Waals surface area contributed by atoms with E-state index in [2.05, 4.69) is 32.0 Å². The average molecular weight is 377 g/mol. The molecular formula is C20H23N7O. The van der Waals surface area contributed by atoms with E-state index in [1.807, 2.05) is 19.3 Å². The lowest BCUT2D eigenvalue weighted by Gasteiger charge is -2.24. The number of hydrogen-bond donors (Lipinski definition) is 2. The fourth-order valence-electron chi connectivity index (χ4n) is 3.77. The summed E-state index contributed by atoms with van der Waals surface area (Å²) in [4.78, 5) is 13.2. The van der Waals surface area contributed by atoms with Crippen molar-refractivity contribution in [2.24, 2.45) is 7.05 Å². The molecule has 3 N–H and O–H groups in total. The molecular weight excluding hydrogens is 354 g/mol. The van der Waals surface area contributed by atoms with Crippen molar-refractivity contribution in [2.45, 2.75) is 32.2 Å². The number of hydrogen-bond acceptors (Lipinski definition) is 7. The zero-order valence-corrected chi connectivity index (χ0v) is 16.1. The Kier molecular flexibility index (Phi) is 4.84. The van der Waals surface area contributed by atoms with Crippen LogP contribution in [-0.2, 0) is 18.3 Å². The van der Waals surface area contributed by atoms with Crippen LogP contribution in [0, 0.1) is 18.3 Å². The van der Waals surface area contributed by atoms with Gasteiger partial charge in [0.15, 0.2) is 0 Å².